The average molecular weight is 197 g/mol. The molecule has 1 fully saturated rings. The van der Waals surface area contributed by atoms with Crippen molar-refractivity contribution >= 4 is 11.3 Å². The van der Waals surface area contributed by atoms with Gasteiger partial charge >= 0.3 is 0 Å². The molecule has 0 spiro atoms. The van der Waals surface area contributed by atoms with Crippen molar-refractivity contribution in [3.63, 3.8) is 0 Å². The highest BCUT2D eigenvalue weighted by molar-refractivity contribution is 7.08. The van der Waals surface area contributed by atoms with Crippen molar-refractivity contribution in [2.24, 2.45) is 11.7 Å². The van der Waals surface area contributed by atoms with Gasteiger partial charge in [0.1, 0.15) is 0 Å². The van der Waals surface area contributed by atoms with Crippen molar-refractivity contribution in [3.8, 4) is 0 Å². The van der Waals surface area contributed by atoms with Crippen molar-refractivity contribution in [1.29, 1.82) is 0 Å². The molecule has 0 bridgehead atoms. The summed E-state index contributed by atoms with van der Waals surface area (Å²) in [5.41, 5.74) is 8.80. The van der Waals surface area contributed by atoms with E-state index in [-0.39, 0.29) is 6.04 Å². The average Bonchev–Trinajstić information content (AvgIpc) is 2.72. The maximum atomic E-state index is 6.17. The van der Waals surface area contributed by atoms with E-state index in [4.69, 9.17) is 10.5 Å². The monoisotopic (exact) mass is 197 g/mol. The van der Waals surface area contributed by atoms with E-state index in [9.17, 15) is 0 Å². The molecule has 2 nitrogen and oxygen atoms in total. The largest absolute Gasteiger partial charge is 0.381 e. The first-order chi connectivity index (χ1) is 6.29. The van der Waals surface area contributed by atoms with Crippen LogP contribution in [-0.2, 0) is 4.74 Å². The number of nitrogens with two attached hydrogens (primary N) is 1. The van der Waals surface area contributed by atoms with Crippen LogP contribution in [0.5, 0.6) is 0 Å². The molecule has 72 valence electrons. The van der Waals surface area contributed by atoms with E-state index in [0.29, 0.717) is 5.92 Å². The number of thiophene rings is 1. The van der Waals surface area contributed by atoms with Crippen LogP contribution < -0.4 is 5.73 Å². The molecule has 1 aliphatic rings. The minimum absolute atomic E-state index is 0.175. The van der Waals surface area contributed by atoms with Crippen molar-refractivity contribution in [1.82, 2.24) is 0 Å². The number of ether oxygens (including phenoxy) is 1. The first-order valence-electron chi connectivity index (χ1n) is 4.65. The maximum absolute atomic E-state index is 6.17. The number of rotatable bonds is 2. The first-order valence-corrected chi connectivity index (χ1v) is 5.59. The lowest BCUT2D eigenvalue weighted by Gasteiger charge is -2.17. The molecule has 2 unspecified atom stereocenters. The van der Waals surface area contributed by atoms with Crippen LogP contribution in [0.25, 0.3) is 0 Å². The second kappa shape index (κ2) is 3.78. The van der Waals surface area contributed by atoms with E-state index < -0.39 is 0 Å². The third kappa shape index (κ3) is 1.77. The summed E-state index contributed by atoms with van der Waals surface area (Å²) in [5.74, 6) is 0.522. The van der Waals surface area contributed by atoms with Gasteiger partial charge in [0, 0.05) is 18.6 Å². The Balaban J connectivity index is 2.12. The lowest BCUT2D eigenvalue weighted by molar-refractivity contribution is 0.181. The highest BCUT2D eigenvalue weighted by Crippen LogP contribution is 2.30. The van der Waals surface area contributed by atoms with E-state index in [2.05, 4.69) is 17.7 Å². The molecule has 2 N–H and O–H groups in total. The van der Waals surface area contributed by atoms with Crippen molar-refractivity contribution in [3.05, 3.63) is 21.9 Å². The highest BCUT2D eigenvalue weighted by atomic mass is 32.1. The van der Waals surface area contributed by atoms with Gasteiger partial charge in [-0.2, -0.15) is 11.3 Å². The van der Waals surface area contributed by atoms with Gasteiger partial charge in [-0.25, -0.2) is 0 Å². The standard InChI is InChI=1S/C10H15NOS/c1-7-5-13-6-9(7)10(11)8-2-3-12-4-8/h5-6,8,10H,2-4,11H2,1H3. The summed E-state index contributed by atoms with van der Waals surface area (Å²) in [6.07, 6.45) is 1.11. The minimum atomic E-state index is 0.175. The van der Waals surface area contributed by atoms with Crippen LogP contribution in [0, 0.1) is 12.8 Å². The van der Waals surface area contributed by atoms with E-state index >= 15 is 0 Å². The molecule has 0 aliphatic carbocycles. The fraction of sp³-hybridized carbons (Fsp3) is 0.600. The van der Waals surface area contributed by atoms with E-state index in [1.807, 2.05) is 0 Å². The Morgan fingerprint density at radius 1 is 1.62 bits per heavy atom. The Morgan fingerprint density at radius 2 is 2.46 bits per heavy atom. The highest BCUT2D eigenvalue weighted by Gasteiger charge is 2.25. The SMILES string of the molecule is Cc1cscc1C(N)C1CCOC1. The summed E-state index contributed by atoms with van der Waals surface area (Å²) in [6.45, 7) is 3.83. The summed E-state index contributed by atoms with van der Waals surface area (Å²) >= 11 is 1.73. The van der Waals surface area contributed by atoms with Gasteiger partial charge in [0.25, 0.3) is 0 Å². The Hall–Kier alpha value is -0.380. The molecule has 1 aliphatic heterocycles. The Kier molecular flexibility index (Phi) is 2.67. The zero-order valence-corrected chi connectivity index (χ0v) is 8.64. The summed E-state index contributed by atoms with van der Waals surface area (Å²) in [4.78, 5) is 0. The fourth-order valence-corrected chi connectivity index (χ4v) is 2.70. The molecule has 0 saturated carbocycles. The molecule has 1 saturated heterocycles. The van der Waals surface area contributed by atoms with Gasteiger partial charge in [-0.15, -0.1) is 0 Å². The van der Waals surface area contributed by atoms with Gasteiger partial charge in [0.05, 0.1) is 6.61 Å². The summed E-state index contributed by atoms with van der Waals surface area (Å²) in [6, 6.07) is 0.175. The number of hydrogen-bond donors (Lipinski definition) is 1. The van der Waals surface area contributed by atoms with Crippen LogP contribution in [-0.4, -0.2) is 13.2 Å². The zero-order chi connectivity index (χ0) is 9.26. The molecule has 0 radical (unpaired) electrons. The molecule has 0 aromatic carbocycles. The van der Waals surface area contributed by atoms with Gasteiger partial charge in [-0.3, -0.25) is 0 Å². The normalized spacial score (nSPS) is 24.9. The Labute approximate surface area is 82.7 Å². The minimum Gasteiger partial charge on any atom is -0.381 e. The predicted molar refractivity (Wildman–Crippen MR) is 54.9 cm³/mol. The first kappa shape index (κ1) is 9.19. The summed E-state index contributed by atoms with van der Waals surface area (Å²) < 4.78 is 5.34. The third-order valence-electron chi connectivity index (χ3n) is 2.73. The molecular formula is C10H15NOS. The van der Waals surface area contributed by atoms with E-state index in [0.717, 1.165) is 19.6 Å². The number of aryl methyl sites for hydroxylation is 1. The molecule has 1 aromatic heterocycles. The Morgan fingerprint density at radius 3 is 3.00 bits per heavy atom. The molecular weight excluding hydrogens is 182 g/mol. The Bertz CT molecular complexity index is 278. The van der Waals surface area contributed by atoms with Gasteiger partial charge in [0.15, 0.2) is 0 Å². The quantitative estimate of drug-likeness (QED) is 0.788. The van der Waals surface area contributed by atoms with Crippen LogP contribution in [0.3, 0.4) is 0 Å². The van der Waals surface area contributed by atoms with Crippen molar-refractivity contribution < 1.29 is 4.74 Å². The maximum Gasteiger partial charge on any atom is 0.0513 e. The zero-order valence-electron chi connectivity index (χ0n) is 7.82. The molecule has 13 heavy (non-hydrogen) atoms. The van der Waals surface area contributed by atoms with Crippen LogP contribution >= 0.6 is 11.3 Å². The summed E-state index contributed by atoms with van der Waals surface area (Å²) in [7, 11) is 0. The number of hydrogen-bond acceptors (Lipinski definition) is 3. The molecule has 3 heteroatoms. The van der Waals surface area contributed by atoms with Crippen LogP contribution in [0.4, 0.5) is 0 Å². The van der Waals surface area contributed by atoms with E-state index in [1.165, 1.54) is 11.1 Å². The van der Waals surface area contributed by atoms with Gasteiger partial charge in [-0.1, -0.05) is 0 Å². The molecule has 2 atom stereocenters. The lowest BCUT2D eigenvalue weighted by Crippen LogP contribution is -2.21. The molecule has 2 heterocycles. The fourth-order valence-electron chi connectivity index (χ4n) is 1.80. The van der Waals surface area contributed by atoms with Gasteiger partial charge in [0.2, 0.25) is 0 Å². The third-order valence-corrected chi connectivity index (χ3v) is 3.61. The predicted octanol–water partition coefficient (Wildman–Crippen LogP) is 2.09. The van der Waals surface area contributed by atoms with Crippen LogP contribution in [0.1, 0.15) is 23.6 Å². The van der Waals surface area contributed by atoms with Crippen LogP contribution in [0.15, 0.2) is 10.8 Å². The second-order valence-corrected chi connectivity index (χ2v) is 4.40. The van der Waals surface area contributed by atoms with Gasteiger partial charge < -0.3 is 10.5 Å². The summed E-state index contributed by atoms with van der Waals surface area (Å²) in [5, 5.41) is 4.32. The molecule has 0 amide bonds. The topological polar surface area (TPSA) is 35.2 Å². The van der Waals surface area contributed by atoms with Crippen LogP contribution in [0.2, 0.25) is 0 Å². The van der Waals surface area contributed by atoms with Crippen molar-refractivity contribution in [2.45, 2.75) is 19.4 Å². The molecule has 1 aromatic rings. The van der Waals surface area contributed by atoms with E-state index in [1.54, 1.807) is 11.3 Å². The molecule has 2 rings (SSSR count). The van der Waals surface area contributed by atoms with Gasteiger partial charge in [-0.05, 0) is 35.2 Å². The van der Waals surface area contributed by atoms with Crippen molar-refractivity contribution in [2.75, 3.05) is 13.2 Å². The smallest absolute Gasteiger partial charge is 0.0513 e. The lowest BCUT2D eigenvalue weighted by atomic mass is 9.93. The second-order valence-electron chi connectivity index (χ2n) is 3.66.